The number of para-hydroxylation sites is 2. The van der Waals surface area contributed by atoms with Gasteiger partial charge in [0.1, 0.15) is 11.6 Å². The highest BCUT2D eigenvalue weighted by atomic mass is 35.5. The number of imidazole rings is 1. The quantitative estimate of drug-likeness (QED) is 0.480. The van der Waals surface area contributed by atoms with E-state index in [2.05, 4.69) is 4.98 Å². The van der Waals surface area contributed by atoms with Gasteiger partial charge in [-0.1, -0.05) is 48.0 Å². The number of halogens is 2. The Bertz CT molecular complexity index is 1020. The number of fused-ring (bicyclic) bond motifs is 1. The van der Waals surface area contributed by atoms with E-state index in [1.54, 1.807) is 12.1 Å². The van der Waals surface area contributed by atoms with Gasteiger partial charge in [-0.2, -0.15) is 0 Å². The van der Waals surface area contributed by atoms with Crippen LogP contribution in [0.3, 0.4) is 0 Å². The Morgan fingerprint density at radius 1 is 0.917 bits per heavy atom. The van der Waals surface area contributed by atoms with Crippen LogP contribution in [-0.4, -0.2) is 9.55 Å². The van der Waals surface area contributed by atoms with E-state index in [4.69, 9.17) is 11.6 Å². The number of benzene rings is 3. The molecule has 0 aliphatic carbocycles. The standard InChI is InChI=1S/C20H14ClFN2/c21-15-7-5-6-14(12-15)13-24-19-11-4-3-10-18(19)23-20(24)16-8-1-2-9-17(16)22/h1-12H,13H2. The van der Waals surface area contributed by atoms with Crippen molar-refractivity contribution in [2.45, 2.75) is 6.54 Å². The average Bonchev–Trinajstić information content (AvgIpc) is 2.94. The SMILES string of the molecule is Fc1ccccc1-c1nc2ccccc2n1Cc1cccc(Cl)c1. The fourth-order valence-corrected chi connectivity index (χ4v) is 3.11. The molecule has 0 N–H and O–H groups in total. The molecule has 0 atom stereocenters. The van der Waals surface area contributed by atoms with Gasteiger partial charge in [0.25, 0.3) is 0 Å². The lowest BCUT2D eigenvalue weighted by Gasteiger charge is -2.10. The lowest BCUT2D eigenvalue weighted by molar-refractivity contribution is 0.628. The molecule has 0 fully saturated rings. The topological polar surface area (TPSA) is 17.8 Å². The van der Waals surface area contributed by atoms with Crippen LogP contribution in [0.5, 0.6) is 0 Å². The van der Waals surface area contributed by atoms with Crippen molar-refractivity contribution in [3.05, 3.63) is 89.2 Å². The average molecular weight is 337 g/mol. The van der Waals surface area contributed by atoms with Crippen LogP contribution in [0.25, 0.3) is 22.4 Å². The van der Waals surface area contributed by atoms with Crippen LogP contribution in [0.2, 0.25) is 5.02 Å². The molecule has 24 heavy (non-hydrogen) atoms. The fraction of sp³-hybridized carbons (Fsp3) is 0.0500. The number of nitrogens with zero attached hydrogens (tertiary/aromatic N) is 2. The molecule has 3 aromatic carbocycles. The molecular weight excluding hydrogens is 323 g/mol. The lowest BCUT2D eigenvalue weighted by Crippen LogP contribution is -2.03. The van der Waals surface area contributed by atoms with Gasteiger partial charge >= 0.3 is 0 Å². The summed E-state index contributed by atoms with van der Waals surface area (Å²) in [5.41, 5.74) is 3.35. The third kappa shape index (κ3) is 2.68. The predicted octanol–water partition coefficient (Wildman–Crippen LogP) is 5.54. The highest BCUT2D eigenvalue weighted by Gasteiger charge is 2.15. The summed E-state index contributed by atoms with van der Waals surface area (Å²) in [7, 11) is 0. The molecule has 0 aliphatic rings. The molecule has 0 bridgehead atoms. The van der Waals surface area contributed by atoms with E-state index < -0.39 is 0 Å². The highest BCUT2D eigenvalue weighted by molar-refractivity contribution is 6.30. The second-order valence-electron chi connectivity index (χ2n) is 5.62. The Hall–Kier alpha value is -2.65. The Balaban J connectivity index is 1.92. The van der Waals surface area contributed by atoms with Crippen molar-refractivity contribution in [2.24, 2.45) is 0 Å². The van der Waals surface area contributed by atoms with Crippen LogP contribution >= 0.6 is 11.6 Å². The van der Waals surface area contributed by atoms with Crippen LogP contribution in [0.15, 0.2) is 72.8 Å². The second kappa shape index (κ2) is 6.10. The van der Waals surface area contributed by atoms with Crippen LogP contribution in [-0.2, 0) is 6.54 Å². The summed E-state index contributed by atoms with van der Waals surface area (Å²) in [5.74, 6) is 0.342. The van der Waals surface area contributed by atoms with Gasteiger partial charge in [-0.15, -0.1) is 0 Å². The summed E-state index contributed by atoms with van der Waals surface area (Å²) >= 11 is 6.10. The first kappa shape index (κ1) is 14.9. The third-order valence-electron chi connectivity index (χ3n) is 4.00. The maximum atomic E-state index is 14.3. The molecule has 2 nitrogen and oxygen atoms in total. The Morgan fingerprint density at radius 2 is 1.71 bits per heavy atom. The van der Waals surface area contributed by atoms with Gasteiger partial charge in [0.2, 0.25) is 0 Å². The zero-order valence-electron chi connectivity index (χ0n) is 12.8. The lowest BCUT2D eigenvalue weighted by atomic mass is 10.2. The van der Waals surface area contributed by atoms with Crippen LogP contribution in [0.1, 0.15) is 5.56 Å². The zero-order chi connectivity index (χ0) is 16.5. The van der Waals surface area contributed by atoms with E-state index in [9.17, 15) is 4.39 Å². The van der Waals surface area contributed by atoms with Gasteiger partial charge < -0.3 is 4.57 Å². The van der Waals surface area contributed by atoms with Gasteiger partial charge in [0.05, 0.1) is 16.6 Å². The summed E-state index contributed by atoms with van der Waals surface area (Å²) < 4.78 is 16.3. The maximum absolute atomic E-state index is 14.3. The molecule has 0 unspecified atom stereocenters. The second-order valence-corrected chi connectivity index (χ2v) is 6.06. The molecule has 0 saturated carbocycles. The molecule has 0 aliphatic heterocycles. The van der Waals surface area contributed by atoms with Crippen LogP contribution < -0.4 is 0 Å². The maximum Gasteiger partial charge on any atom is 0.144 e. The first-order valence-electron chi connectivity index (χ1n) is 7.67. The van der Waals surface area contributed by atoms with E-state index in [1.165, 1.54) is 6.07 Å². The van der Waals surface area contributed by atoms with E-state index in [-0.39, 0.29) is 5.82 Å². The normalized spacial score (nSPS) is 11.1. The zero-order valence-corrected chi connectivity index (χ0v) is 13.5. The van der Waals surface area contributed by atoms with Crippen molar-refractivity contribution in [1.82, 2.24) is 9.55 Å². The summed E-state index contributed by atoms with van der Waals surface area (Å²) in [6.45, 7) is 0.574. The minimum absolute atomic E-state index is 0.278. The fourth-order valence-electron chi connectivity index (χ4n) is 2.90. The Labute approximate surface area is 144 Å². The van der Waals surface area contributed by atoms with Crippen molar-refractivity contribution in [3.8, 4) is 11.4 Å². The van der Waals surface area contributed by atoms with E-state index in [1.807, 2.05) is 59.2 Å². The van der Waals surface area contributed by atoms with E-state index in [0.29, 0.717) is 23.0 Å². The molecule has 0 radical (unpaired) electrons. The van der Waals surface area contributed by atoms with Gasteiger partial charge in [-0.3, -0.25) is 0 Å². The molecular formula is C20H14ClFN2. The van der Waals surface area contributed by atoms with Crippen LogP contribution in [0.4, 0.5) is 4.39 Å². The van der Waals surface area contributed by atoms with Crippen molar-refractivity contribution in [1.29, 1.82) is 0 Å². The van der Waals surface area contributed by atoms with Gasteiger partial charge in [-0.05, 0) is 42.0 Å². The van der Waals surface area contributed by atoms with Crippen molar-refractivity contribution in [3.63, 3.8) is 0 Å². The molecule has 4 rings (SSSR count). The van der Waals surface area contributed by atoms with Crippen LogP contribution in [0, 0.1) is 5.82 Å². The molecule has 4 aromatic rings. The predicted molar refractivity (Wildman–Crippen MR) is 95.7 cm³/mol. The largest absolute Gasteiger partial charge is 0.319 e. The Kier molecular flexibility index (Phi) is 3.79. The van der Waals surface area contributed by atoms with Crippen molar-refractivity contribution in [2.75, 3.05) is 0 Å². The van der Waals surface area contributed by atoms with Crippen molar-refractivity contribution < 1.29 is 4.39 Å². The summed E-state index contributed by atoms with van der Waals surface area (Å²) in [6, 6.07) is 22.2. The summed E-state index contributed by atoms with van der Waals surface area (Å²) in [4.78, 5) is 4.65. The first-order chi connectivity index (χ1) is 11.7. The monoisotopic (exact) mass is 336 g/mol. The highest BCUT2D eigenvalue weighted by Crippen LogP contribution is 2.28. The third-order valence-corrected chi connectivity index (χ3v) is 4.23. The summed E-state index contributed by atoms with van der Waals surface area (Å²) in [6.07, 6.45) is 0. The molecule has 118 valence electrons. The Morgan fingerprint density at radius 3 is 2.54 bits per heavy atom. The molecule has 0 amide bonds. The number of rotatable bonds is 3. The smallest absolute Gasteiger partial charge is 0.144 e. The first-order valence-corrected chi connectivity index (χ1v) is 8.05. The van der Waals surface area contributed by atoms with Gasteiger partial charge in [0, 0.05) is 11.6 Å². The minimum Gasteiger partial charge on any atom is -0.319 e. The molecule has 1 heterocycles. The van der Waals surface area contributed by atoms with Gasteiger partial charge in [0.15, 0.2) is 0 Å². The molecule has 0 saturated heterocycles. The van der Waals surface area contributed by atoms with Crippen molar-refractivity contribution >= 4 is 22.6 Å². The molecule has 0 spiro atoms. The van der Waals surface area contributed by atoms with Gasteiger partial charge in [-0.25, -0.2) is 9.37 Å². The molecule has 1 aromatic heterocycles. The number of hydrogen-bond acceptors (Lipinski definition) is 1. The molecule has 4 heteroatoms. The van der Waals surface area contributed by atoms with E-state index >= 15 is 0 Å². The number of hydrogen-bond donors (Lipinski definition) is 0. The minimum atomic E-state index is -0.278. The summed E-state index contributed by atoms with van der Waals surface area (Å²) in [5, 5.41) is 0.685. The number of aromatic nitrogens is 2. The van der Waals surface area contributed by atoms with E-state index in [0.717, 1.165) is 16.6 Å².